The minimum Gasteiger partial charge on any atom is -0.350 e. The Morgan fingerprint density at radius 2 is 2.10 bits per heavy atom. The molecule has 0 bridgehead atoms. The van der Waals surface area contributed by atoms with Crippen LogP contribution in [0.25, 0.3) is 0 Å². The van der Waals surface area contributed by atoms with E-state index in [9.17, 15) is 13.2 Å². The number of aryl methyl sites for hydroxylation is 3. The Kier molecular flexibility index (Phi) is 6.79. The quantitative estimate of drug-likeness (QED) is 0.643. The van der Waals surface area contributed by atoms with Gasteiger partial charge < -0.3 is 5.32 Å². The Morgan fingerprint density at radius 1 is 1.34 bits per heavy atom. The molecule has 0 spiro atoms. The molecular formula is C18H27BrN6O3S. The summed E-state index contributed by atoms with van der Waals surface area (Å²) in [4.78, 5) is 13.0. The van der Waals surface area contributed by atoms with Crippen LogP contribution in [0.1, 0.15) is 38.1 Å². The van der Waals surface area contributed by atoms with Crippen LogP contribution >= 0.6 is 15.9 Å². The van der Waals surface area contributed by atoms with Gasteiger partial charge in [0.1, 0.15) is 4.90 Å². The first-order valence-electron chi connectivity index (χ1n) is 9.80. The molecule has 1 fully saturated rings. The molecule has 11 heteroatoms. The molecule has 3 rings (SSSR count). The van der Waals surface area contributed by atoms with E-state index in [1.807, 2.05) is 18.5 Å². The average molecular weight is 487 g/mol. The van der Waals surface area contributed by atoms with Crippen LogP contribution in [0.2, 0.25) is 0 Å². The van der Waals surface area contributed by atoms with Crippen LogP contribution < -0.4 is 5.32 Å². The van der Waals surface area contributed by atoms with E-state index in [0.29, 0.717) is 44.7 Å². The van der Waals surface area contributed by atoms with Crippen molar-refractivity contribution in [2.75, 3.05) is 13.1 Å². The molecule has 0 saturated carbocycles. The minimum absolute atomic E-state index is 0.137. The van der Waals surface area contributed by atoms with Gasteiger partial charge in [-0.2, -0.15) is 14.5 Å². The fourth-order valence-corrected chi connectivity index (χ4v) is 5.71. The highest BCUT2D eigenvalue weighted by molar-refractivity contribution is 9.10. The van der Waals surface area contributed by atoms with Crippen LogP contribution in [-0.2, 0) is 34.5 Å². The van der Waals surface area contributed by atoms with Gasteiger partial charge in [0, 0.05) is 32.4 Å². The summed E-state index contributed by atoms with van der Waals surface area (Å²) in [5.74, 6) is -0.515. The van der Waals surface area contributed by atoms with Gasteiger partial charge in [-0.05, 0) is 49.5 Å². The van der Waals surface area contributed by atoms with Crippen LogP contribution in [0.4, 0.5) is 0 Å². The molecule has 0 radical (unpaired) electrons. The summed E-state index contributed by atoms with van der Waals surface area (Å²) < 4.78 is 31.9. The maximum absolute atomic E-state index is 13.1. The first kappa shape index (κ1) is 22.0. The number of aromatic nitrogens is 4. The molecule has 1 atom stereocenters. The molecule has 1 saturated heterocycles. The third kappa shape index (κ3) is 4.56. The van der Waals surface area contributed by atoms with E-state index in [2.05, 4.69) is 31.4 Å². The maximum Gasteiger partial charge on any atom is 0.246 e. The first-order valence-corrected chi connectivity index (χ1v) is 12.0. The SMILES string of the molecule is CCn1cc(S(=O)(=O)N2CCC[C@H](C(=O)NCc3c(Br)cnn3CC)C2)c(C)n1. The highest BCUT2D eigenvalue weighted by Crippen LogP contribution is 2.26. The Morgan fingerprint density at radius 3 is 2.76 bits per heavy atom. The topological polar surface area (TPSA) is 102 Å². The summed E-state index contributed by atoms with van der Waals surface area (Å²) in [5.41, 5.74) is 1.37. The van der Waals surface area contributed by atoms with Crippen molar-refractivity contribution >= 4 is 31.9 Å². The number of nitrogens with zero attached hydrogens (tertiary/aromatic N) is 5. The van der Waals surface area contributed by atoms with Gasteiger partial charge in [0.05, 0.1) is 34.5 Å². The van der Waals surface area contributed by atoms with E-state index in [1.165, 1.54) is 4.31 Å². The smallest absolute Gasteiger partial charge is 0.246 e. The van der Waals surface area contributed by atoms with E-state index in [-0.39, 0.29) is 23.3 Å². The number of rotatable bonds is 7. The number of piperidine rings is 1. The molecule has 0 unspecified atom stereocenters. The van der Waals surface area contributed by atoms with E-state index in [0.717, 1.165) is 10.2 Å². The average Bonchev–Trinajstić information content (AvgIpc) is 3.28. The first-order chi connectivity index (χ1) is 13.8. The predicted molar refractivity (Wildman–Crippen MR) is 112 cm³/mol. The zero-order valence-corrected chi connectivity index (χ0v) is 19.3. The summed E-state index contributed by atoms with van der Waals surface area (Å²) in [6, 6.07) is 0. The number of halogens is 1. The highest BCUT2D eigenvalue weighted by Gasteiger charge is 2.35. The molecule has 2 aromatic heterocycles. The van der Waals surface area contributed by atoms with Crippen molar-refractivity contribution < 1.29 is 13.2 Å². The maximum atomic E-state index is 13.1. The largest absolute Gasteiger partial charge is 0.350 e. The monoisotopic (exact) mass is 486 g/mol. The van der Waals surface area contributed by atoms with Crippen molar-refractivity contribution in [3.63, 3.8) is 0 Å². The van der Waals surface area contributed by atoms with Gasteiger partial charge in [-0.1, -0.05) is 0 Å². The summed E-state index contributed by atoms with van der Waals surface area (Å²) in [7, 11) is -3.68. The van der Waals surface area contributed by atoms with Gasteiger partial charge in [-0.3, -0.25) is 14.2 Å². The van der Waals surface area contributed by atoms with Crippen molar-refractivity contribution in [3.8, 4) is 0 Å². The lowest BCUT2D eigenvalue weighted by Crippen LogP contribution is -2.45. The van der Waals surface area contributed by atoms with Gasteiger partial charge in [-0.25, -0.2) is 8.42 Å². The standard InChI is InChI=1S/C18H27BrN6O3S/c1-4-23-12-17(13(3)22-23)29(27,28)24-8-6-7-14(11-24)18(26)20-10-16-15(19)9-21-25(16)5-2/h9,12,14H,4-8,10-11H2,1-3H3,(H,20,26)/t14-/m0/s1. The zero-order valence-electron chi connectivity index (χ0n) is 16.9. The molecule has 29 heavy (non-hydrogen) atoms. The highest BCUT2D eigenvalue weighted by atomic mass is 79.9. The molecule has 1 N–H and O–H groups in total. The van der Waals surface area contributed by atoms with E-state index in [1.54, 1.807) is 24.0 Å². The number of hydrogen-bond donors (Lipinski definition) is 1. The minimum atomic E-state index is -3.68. The van der Waals surface area contributed by atoms with Crippen molar-refractivity contribution in [2.45, 2.75) is 58.1 Å². The van der Waals surface area contributed by atoms with Crippen molar-refractivity contribution in [1.29, 1.82) is 0 Å². The van der Waals surface area contributed by atoms with Crippen LogP contribution in [0.5, 0.6) is 0 Å². The van der Waals surface area contributed by atoms with Crippen molar-refractivity contribution in [1.82, 2.24) is 29.2 Å². The van der Waals surface area contributed by atoms with Gasteiger partial charge in [-0.15, -0.1) is 0 Å². The Balaban J connectivity index is 1.68. The molecule has 0 aliphatic carbocycles. The summed E-state index contributed by atoms with van der Waals surface area (Å²) in [6.07, 6.45) is 4.59. The fourth-order valence-electron chi connectivity index (χ4n) is 3.58. The number of sulfonamides is 1. The lowest BCUT2D eigenvalue weighted by atomic mass is 9.99. The summed E-state index contributed by atoms with van der Waals surface area (Å²) in [5, 5.41) is 11.4. The van der Waals surface area contributed by atoms with E-state index >= 15 is 0 Å². The number of carbonyl (C=O) groups is 1. The van der Waals surface area contributed by atoms with E-state index < -0.39 is 10.0 Å². The molecular weight excluding hydrogens is 460 g/mol. The lowest BCUT2D eigenvalue weighted by molar-refractivity contribution is -0.126. The number of carbonyl (C=O) groups excluding carboxylic acids is 1. The van der Waals surface area contributed by atoms with Gasteiger partial charge in [0.2, 0.25) is 15.9 Å². The second-order valence-electron chi connectivity index (χ2n) is 7.11. The Hall–Kier alpha value is -1.72. The van der Waals surface area contributed by atoms with Gasteiger partial charge in [0.25, 0.3) is 0 Å². The third-order valence-corrected chi connectivity index (χ3v) is 7.86. The van der Waals surface area contributed by atoms with E-state index in [4.69, 9.17) is 0 Å². The molecule has 9 nitrogen and oxygen atoms in total. The van der Waals surface area contributed by atoms with Crippen LogP contribution in [0.3, 0.4) is 0 Å². The molecule has 0 aromatic carbocycles. The molecule has 1 aliphatic heterocycles. The molecule has 1 amide bonds. The van der Waals surface area contributed by atoms with Crippen LogP contribution in [0, 0.1) is 12.8 Å². The molecule has 1 aliphatic rings. The molecule has 160 valence electrons. The number of amides is 1. The van der Waals surface area contributed by atoms with Crippen molar-refractivity contribution in [2.24, 2.45) is 5.92 Å². The lowest BCUT2D eigenvalue weighted by Gasteiger charge is -2.31. The van der Waals surface area contributed by atoms with Crippen molar-refractivity contribution in [3.05, 3.63) is 28.3 Å². The summed E-state index contributed by atoms with van der Waals surface area (Å²) in [6.45, 7) is 7.84. The van der Waals surface area contributed by atoms with Gasteiger partial charge >= 0.3 is 0 Å². The predicted octanol–water partition coefficient (Wildman–Crippen LogP) is 1.91. The van der Waals surface area contributed by atoms with Crippen LogP contribution in [-0.4, -0.2) is 51.3 Å². The second kappa shape index (κ2) is 8.97. The fraction of sp³-hybridized carbons (Fsp3) is 0.611. The number of hydrogen-bond acceptors (Lipinski definition) is 5. The zero-order chi connectivity index (χ0) is 21.2. The van der Waals surface area contributed by atoms with Crippen LogP contribution in [0.15, 0.2) is 21.8 Å². The Labute approximate surface area is 179 Å². The third-order valence-electron chi connectivity index (χ3n) is 5.23. The normalized spacial score (nSPS) is 18.1. The Bertz CT molecular complexity index is 984. The summed E-state index contributed by atoms with van der Waals surface area (Å²) >= 11 is 3.45. The second-order valence-corrected chi connectivity index (χ2v) is 9.87. The molecule has 3 heterocycles. The number of nitrogens with one attached hydrogen (secondary N) is 1. The molecule has 2 aromatic rings. The van der Waals surface area contributed by atoms with Gasteiger partial charge in [0.15, 0.2) is 0 Å².